The monoisotopic (exact) mass is 394 g/mol. The first-order valence-corrected chi connectivity index (χ1v) is 10.1. The lowest BCUT2D eigenvalue weighted by molar-refractivity contribution is 0.0782. The molecule has 1 saturated heterocycles. The number of amides is 1. The molecule has 1 heterocycles. The Balaban J connectivity index is 0.00000243. The second kappa shape index (κ2) is 8.20. The number of likely N-dealkylation sites (tertiary alicyclic amines) is 1. The summed E-state index contributed by atoms with van der Waals surface area (Å²) in [6, 6.07) is 16.4. The SMILES string of the molecule is CS(=O)(=O)c1ccccc1C(=O)N1C[C@@H](CN)[C@H](c2ccccc2)C1.Cl. The van der Waals surface area contributed by atoms with Gasteiger partial charge in [-0.3, -0.25) is 4.79 Å². The summed E-state index contributed by atoms with van der Waals surface area (Å²) in [6.07, 6.45) is 1.12. The van der Waals surface area contributed by atoms with Crippen LogP contribution in [0.3, 0.4) is 0 Å². The molecule has 0 spiro atoms. The smallest absolute Gasteiger partial charge is 0.255 e. The Kier molecular flexibility index (Phi) is 6.44. The summed E-state index contributed by atoms with van der Waals surface area (Å²) in [4.78, 5) is 14.8. The summed E-state index contributed by atoms with van der Waals surface area (Å²) in [5.41, 5.74) is 7.32. The van der Waals surface area contributed by atoms with Crippen molar-refractivity contribution in [3.05, 3.63) is 65.7 Å². The fraction of sp³-hybridized carbons (Fsp3) is 0.316. The molecule has 0 aliphatic carbocycles. The minimum atomic E-state index is -3.47. The van der Waals surface area contributed by atoms with E-state index in [-0.39, 0.29) is 40.6 Å². The molecule has 140 valence electrons. The molecule has 1 fully saturated rings. The Morgan fingerprint density at radius 2 is 1.69 bits per heavy atom. The zero-order chi connectivity index (χ0) is 18.0. The first kappa shape index (κ1) is 20.4. The second-order valence-electron chi connectivity index (χ2n) is 6.49. The van der Waals surface area contributed by atoms with Crippen molar-refractivity contribution in [2.45, 2.75) is 10.8 Å². The van der Waals surface area contributed by atoms with Crippen molar-refractivity contribution >= 4 is 28.2 Å². The highest BCUT2D eigenvalue weighted by atomic mass is 35.5. The minimum absolute atomic E-state index is 0. The van der Waals surface area contributed by atoms with Gasteiger partial charge in [0.05, 0.1) is 10.5 Å². The maximum absolute atomic E-state index is 13.0. The Morgan fingerprint density at radius 1 is 1.08 bits per heavy atom. The number of hydrogen-bond donors (Lipinski definition) is 1. The van der Waals surface area contributed by atoms with Gasteiger partial charge in [-0.25, -0.2) is 8.42 Å². The molecule has 2 aromatic carbocycles. The lowest BCUT2D eigenvalue weighted by atomic mass is 9.89. The van der Waals surface area contributed by atoms with E-state index in [1.165, 1.54) is 6.07 Å². The third-order valence-electron chi connectivity index (χ3n) is 4.78. The van der Waals surface area contributed by atoms with E-state index in [1.54, 1.807) is 23.1 Å². The molecule has 5 nitrogen and oxygen atoms in total. The summed E-state index contributed by atoms with van der Waals surface area (Å²) in [5, 5.41) is 0. The lowest BCUT2D eigenvalue weighted by Gasteiger charge is -2.18. The van der Waals surface area contributed by atoms with Crippen molar-refractivity contribution in [1.29, 1.82) is 0 Å². The van der Waals surface area contributed by atoms with Crippen LogP contribution in [-0.4, -0.2) is 45.1 Å². The third-order valence-corrected chi connectivity index (χ3v) is 5.93. The number of nitrogens with zero attached hydrogens (tertiary/aromatic N) is 1. The van der Waals surface area contributed by atoms with E-state index < -0.39 is 9.84 Å². The van der Waals surface area contributed by atoms with Crippen molar-refractivity contribution in [2.75, 3.05) is 25.9 Å². The van der Waals surface area contributed by atoms with Crippen LogP contribution in [0.25, 0.3) is 0 Å². The van der Waals surface area contributed by atoms with E-state index in [1.807, 2.05) is 30.3 Å². The number of carbonyl (C=O) groups is 1. The Labute approximate surface area is 160 Å². The lowest BCUT2D eigenvalue weighted by Crippen LogP contribution is -2.30. The molecule has 2 N–H and O–H groups in total. The maximum atomic E-state index is 13.0. The molecule has 1 aliphatic heterocycles. The van der Waals surface area contributed by atoms with Gasteiger partial charge in [0.1, 0.15) is 0 Å². The van der Waals surface area contributed by atoms with E-state index in [9.17, 15) is 13.2 Å². The molecule has 1 amide bonds. The van der Waals surface area contributed by atoms with Gasteiger partial charge in [0.25, 0.3) is 5.91 Å². The van der Waals surface area contributed by atoms with Gasteiger partial charge in [-0.1, -0.05) is 42.5 Å². The van der Waals surface area contributed by atoms with Crippen LogP contribution < -0.4 is 5.73 Å². The van der Waals surface area contributed by atoms with E-state index >= 15 is 0 Å². The highest BCUT2D eigenvalue weighted by Crippen LogP contribution is 2.33. The van der Waals surface area contributed by atoms with Crippen molar-refractivity contribution in [2.24, 2.45) is 11.7 Å². The summed E-state index contributed by atoms with van der Waals surface area (Å²) < 4.78 is 24.0. The Hall–Kier alpha value is -1.89. The average molecular weight is 395 g/mol. The number of halogens is 1. The van der Waals surface area contributed by atoms with Gasteiger partial charge in [-0.15, -0.1) is 12.4 Å². The number of nitrogens with two attached hydrogens (primary N) is 1. The molecular formula is C19H23ClN2O3S. The van der Waals surface area contributed by atoms with Gasteiger partial charge in [0.15, 0.2) is 9.84 Å². The van der Waals surface area contributed by atoms with E-state index in [0.717, 1.165) is 11.8 Å². The molecule has 0 aromatic heterocycles. The molecule has 0 bridgehead atoms. The predicted molar refractivity (Wildman–Crippen MR) is 104 cm³/mol. The average Bonchev–Trinajstić information content (AvgIpc) is 3.05. The highest BCUT2D eigenvalue weighted by molar-refractivity contribution is 7.90. The van der Waals surface area contributed by atoms with Crippen LogP contribution in [-0.2, 0) is 9.84 Å². The molecule has 0 saturated carbocycles. The predicted octanol–water partition coefficient (Wildman–Crippen LogP) is 2.33. The van der Waals surface area contributed by atoms with E-state index in [0.29, 0.717) is 19.6 Å². The minimum Gasteiger partial charge on any atom is -0.338 e. The maximum Gasteiger partial charge on any atom is 0.255 e. The van der Waals surface area contributed by atoms with Crippen molar-refractivity contribution in [3.63, 3.8) is 0 Å². The van der Waals surface area contributed by atoms with Crippen LogP contribution in [0.15, 0.2) is 59.5 Å². The van der Waals surface area contributed by atoms with Crippen LogP contribution in [0.1, 0.15) is 21.8 Å². The molecule has 3 rings (SSSR count). The number of carbonyl (C=O) groups excluding carboxylic acids is 1. The third kappa shape index (κ3) is 4.09. The second-order valence-corrected chi connectivity index (χ2v) is 8.48. The highest BCUT2D eigenvalue weighted by Gasteiger charge is 2.36. The summed E-state index contributed by atoms with van der Waals surface area (Å²) in [6.45, 7) is 1.56. The quantitative estimate of drug-likeness (QED) is 0.862. The van der Waals surface area contributed by atoms with Crippen LogP contribution in [0, 0.1) is 5.92 Å². The molecule has 2 atom stereocenters. The van der Waals surface area contributed by atoms with Gasteiger partial charge < -0.3 is 10.6 Å². The van der Waals surface area contributed by atoms with Crippen molar-refractivity contribution in [3.8, 4) is 0 Å². The number of rotatable bonds is 4. The number of sulfone groups is 1. The first-order valence-electron chi connectivity index (χ1n) is 8.25. The fourth-order valence-electron chi connectivity index (χ4n) is 3.49. The van der Waals surface area contributed by atoms with Gasteiger partial charge in [-0.05, 0) is 30.2 Å². The normalized spacial score (nSPS) is 19.8. The van der Waals surface area contributed by atoms with Crippen LogP contribution in [0.5, 0.6) is 0 Å². The van der Waals surface area contributed by atoms with Crippen molar-refractivity contribution in [1.82, 2.24) is 4.90 Å². The zero-order valence-corrected chi connectivity index (χ0v) is 16.2. The van der Waals surface area contributed by atoms with Gasteiger partial charge in [0, 0.05) is 25.3 Å². The van der Waals surface area contributed by atoms with Crippen LogP contribution >= 0.6 is 12.4 Å². The first-order chi connectivity index (χ1) is 11.9. The number of benzene rings is 2. The molecule has 0 radical (unpaired) electrons. The van der Waals surface area contributed by atoms with Crippen LogP contribution in [0.4, 0.5) is 0 Å². The van der Waals surface area contributed by atoms with E-state index in [4.69, 9.17) is 5.73 Å². The van der Waals surface area contributed by atoms with Crippen LogP contribution in [0.2, 0.25) is 0 Å². The molecular weight excluding hydrogens is 372 g/mol. The molecule has 7 heteroatoms. The standard InChI is InChI=1S/C19H22N2O3S.ClH/c1-25(23,24)18-10-6-5-9-16(18)19(22)21-12-15(11-20)17(13-21)14-7-3-2-4-8-14;/h2-10,15,17H,11-13,20H2,1H3;1H/t15-,17+;/m1./s1. The molecule has 1 aliphatic rings. The number of hydrogen-bond acceptors (Lipinski definition) is 4. The summed E-state index contributed by atoms with van der Waals surface area (Å²) >= 11 is 0. The van der Waals surface area contributed by atoms with Gasteiger partial charge in [-0.2, -0.15) is 0 Å². The largest absolute Gasteiger partial charge is 0.338 e. The summed E-state index contributed by atoms with van der Waals surface area (Å²) in [5.74, 6) is 0.0789. The Bertz CT molecular complexity index is 871. The topological polar surface area (TPSA) is 80.5 Å². The van der Waals surface area contributed by atoms with E-state index in [2.05, 4.69) is 0 Å². The summed E-state index contributed by atoms with van der Waals surface area (Å²) in [7, 11) is -3.47. The zero-order valence-electron chi connectivity index (χ0n) is 14.5. The molecule has 0 unspecified atom stereocenters. The Morgan fingerprint density at radius 3 is 2.31 bits per heavy atom. The van der Waals surface area contributed by atoms with Gasteiger partial charge in [0.2, 0.25) is 0 Å². The van der Waals surface area contributed by atoms with Crippen molar-refractivity contribution < 1.29 is 13.2 Å². The molecule has 26 heavy (non-hydrogen) atoms. The fourth-order valence-corrected chi connectivity index (χ4v) is 4.37. The molecule has 2 aromatic rings. The van der Waals surface area contributed by atoms with Gasteiger partial charge >= 0.3 is 0 Å².